The minimum Gasteiger partial charge on any atom is -0.360 e. The fraction of sp³-hybridized carbons (Fsp3) is 0.300. The van der Waals surface area contributed by atoms with E-state index < -0.39 is 0 Å². The number of benzene rings is 2. The van der Waals surface area contributed by atoms with Gasteiger partial charge in [0, 0.05) is 16.8 Å². The molecule has 0 bridgehead atoms. The molecule has 4 nitrogen and oxygen atoms in total. The zero-order valence-electron chi connectivity index (χ0n) is 14.0. The van der Waals surface area contributed by atoms with Crippen LogP contribution >= 0.6 is 0 Å². The van der Waals surface area contributed by atoms with Gasteiger partial charge >= 0.3 is 0 Å². The summed E-state index contributed by atoms with van der Waals surface area (Å²) < 4.78 is 0. The molecule has 1 heterocycles. The highest BCUT2D eigenvalue weighted by molar-refractivity contribution is 5.94. The number of carbonyl (C=O) groups excluding carboxylic acids is 1. The zero-order valence-corrected chi connectivity index (χ0v) is 14.0. The number of hydrogen-bond acceptors (Lipinski definition) is 3. The van der Waals surface area contributed by atoms with Crippen molar-refractivity contribution in [2.75, 3.05) is 31.1 Å². The maximum Gasteiger partial charge on any atom is 0.159 e. The standard InChI is InChI=1S/C20H21N3O/c1-16(24)19-6-8-20(9-7-19)23-12-10-22(11-13-23)15-18-4-2-17(14-21)3-5-18/h2-9H,10-13,15H2,1H3/p+1. The average molecular weight is 320 g/mol. The topological polar surface area (TPSA) is 48.5 Å². The predicted octanol–water partition coefficient (Wildman–Crippen LogP) is 1.67. The molecule has 1 fully saturated rings. The molecule has 0 saturated carbocycles. The van der Waals surface area contributed by atoms with Crippen LogP contribution in [0.5, 0.6) is 0 Å². The molecule has 1 N–H and O–H groups in total. The van der Waals surface area contributed by atoms with E-state index in [0.29, 0.717) is 5.56 Å². The van der Waals surface area contributed by atoms with Crippen molar-refractivity contribution in [3.05, 3.63) is 65.2 Å². The lowest BCUT2D eigenvalue weighted by Crippen LogP contribution is -3.13. The number of anilines is 1. The normalized spacial score (nSPS) is 15.1. The van der Waals surface area contributed by atoms with E-state index in [1.807, 2.05) is 36.4 Å². The van der Waals surface area contributed by atoms with Gasteiger partial charge in [-0.15, -0.1) is 0 Å². The van der Waals surface area contributed by atoms with Crippen LogP contribution in [0.4, 0.5) is 5.69 Å². The molecule has 0 amide bonds. The number of quaternary nitrogens is 1. The van der Waals surface area contributed by atoms with E-state index >= 15 is 0 Å². The SMILES string of the molecule is CC(=O)c1ccc(N2CC[NH+](Cc3ccc(C#N)cc3)CC2)cc1. The second kappa shape index (κ2) is 7.29. The molecule has 2 aromatic rings. The molecule has 1 aliphatic rings. The highest BCUT2D eigenvalue weighted by Gasteiger charge is 2.20. The number of ketones is 1. The van der Waals surface area contributed by atoms with Gasteiger partial charge in [-0.2, -0.15) is 5.26 Å². The predicted molar refractivity (Wildman–Crippen MR) is 94.2 cm³/mol. The van der Waals surface area contributed by atoms with Crippen molar-refractivity contribution in [1.29, 1.82) is 5.26 Å². The van der Waals surface area contributed by atoms with Crippen LogP contribution in [0.1, 0.15) is 28.4 Å². The molecule has 4 heteroatoms. The molecule has 3 rings (SSSR count). The maximum absolute atomic E-state index is 11.4. The van der Waals surface area contributed by atoms with Gasteiger partial charge in [0.2, 0.25) is 0 Å². The van der Waals surface area contributed by atoms with Crippen LogP contribution in [0.25, 0.3) is 0 Å². The lowest BCUT2D eigenvalue weighted by molar-refractivity contribution is -0.914. The minimum atomic E-state index is 0.109. The smallest absolute Gasteiger partial charge is 0.159 e. The summed E-state index contributed by atoms with van der Waals surface area (Å²) in [5.74, 6) is 0.109. The van der Waals surface area contributed by atoms with Crippen LogP contribution in [0.3, 0.4) is 0 Å². The second-order valence-corrected chi connectivity index (χ2v) is 6.33. The first-order valence-corrected chi connectivity index (χ1v) is 8.34. The Balaban J connectivity index is 1.55. The van der Waals surface area contributed by atoms with Gasteiger partial charge in [-0.25, -0.2) is 0 Å². The molecule has 1 aliphatic heterocycles. The third kappa shape index (κ3) is 3.81. The molecule has 0 spiro atoms. The lowest BCUT2D eigenvalue weighted by atomic mass is 10.1. The Morgan fingerprint density at radius 3 is 2.25 bits per heavy atom. The third-order valence-corrected chi connectivity index (χ3v) is 4.65. The first-order valence-electron chi connectivity index (χ1n) is 8.34. The minimum absolute atomic E-state index is 0.109. The molecule has 0 unspecified atom stereocenters. The van der Waals surface area contributed by atoms with E-state index in [1.165, 1.54) is 11.3 Å². The van der Waals surface area contributed by atoms with Crippen molar-refractivity contribution in [1.82, 2.24) is 0 Å². The summed E-state index contributed by atoms with van der Waals surface area (Å²) in [6, 6.07) is 18.0. The van der Waals surface area contributed by atoms with Gasteiger partial charge < -0.3 is 9.80 Å². The quantitative estimate of drug-likeness (QED) is 0.872. The summed E-state index contributed by atoms with van der Waals surface area (Å²) in [7, 11) is 0. The molecule has 122 valence electrons. The summed E-state index contributed by atoms with van der Waals surface area (Å²) in [5, 5.41) is 8.86. The molecule has 0 atom stereocenters. The number of nitrogens with one attached hydrogen (secondary N) is 1. The van der Waals surface area contributed by atoms with Crippen LogP contribution in [0.15, 0.2) is 48.5 Å². The van der Waals surface area contributed by atoms with Crippen LogP contribution in [0, 0.1) is 11.3 Å². The number of rotatable bonds is 4. The van der Waals surface area contributed by atoms with Crippen LogP contribution in [-0.2, 0) is 6.54 Å². The first-order chi connectivity index (χ1) is 11.7. The lowest BCUT2D eigenvalue weighted by Gasteiger charge is -2.33. The molecule has 0 radical (unpaired) electrons. The summed E-state index contributed by atoms with van der Waals surface area (Å²) in [6.45, 7) is 6.82. The summed E-state index contributed by atoms with van der Waals surface area (Å²) in [5.41, 5.74) is 3.96. The highest BCUT2D eigenvalue weighted by atomic mass is 16.1. The Morgan fingerprint density at radius 1 is 1.08 bits per heavy atom. The van der Waals surface area contributed by atoms with E-state index in [0.717, 1.165) is 38.3 Å². The summed E-state index contributed by atoms with van der Waals surface area (Å²) in [4.78, 5) is 15.3. The number of hydrogen-bond donors (Lipinski definition) is 1. The summed E-state index contributed by atoms with van der Waals surface area (Å²) in [6.07, 6.45) is 0. The van der Waals surface area contributed by atoms with Gasteiger partial charge in [0.15, 0.2) is 5.78 Å². The maximum atomic E-state index is 11.4. The first kappa shape index (κ1) is 16.2. The number of piperazine rings is 1. The van der Waals surface area contributed by atoms with Gasteiger partial charge in [-0.1, -0.05) is 12.1 Å². The Hall–Kier alpha value is -2.64. The van der Waals surface area contributed by atoms with E-state index in [1.54, 1.807) is 11.8 Å². The fourth-order valence-electron chi connectivity index (χ4n) is 3.15. The highest BCUT2D eigenvalue weighted by Crippen LogP contribution is 2.15. The molecular formula is C20H22N3O+. The van der Waals surface area contributed by atoms with Gasteiger partial charge in [-0.3, -0.25) is 4.79 Å². The monoisotopic (exact) mass is 320 g/mol. The van der Waals surface area contributed by atoms with Gasteiger partial charge in [-0.05, 0) is 43.3 Å². The van der Waals surface area contributed by atoms with Crippen molar-refractivity contribution in [3.63, 3.8) is 0 Å². The Morgan fingerprint density at radius 2 is 1.71 bits per heavy atom. The number of carbonyl (C=O) groups is 1. The van der Waals surface area contributed by atoms with Crippen molar-refractivity contribution >= 4 is 11.5 Å². The molecule has 24 heavy (non-hydrogen) atoms. The molecule has 1 saturated heterocycles. The van der Waals surface area contributed by atoms with Crippen molar-refractivity contribution in [3.8, 4) is 6.07 Å². The van der Waals surface area contributed by atoms with Crippen LogP contribution < -0.4 is 9.80 Å². The summed E-state index contributed by atoms with van der Waals surface area (Å²) >= 11 is 0. The largest absolute Gasteiger partial charge is 0.360 e. The van der Waals surface area contributed by atoms with Crippen LogP contribution in [0.2, 0.25) is 0 Å². The molecular weight excluding hydrogens is 298 g/mol. The van der Waals surface area contributed by atoms with Crippen molar-refractivity contribution in [2.45, 2.75) is 13.5 Å². The second-order valence-electron chi connectivity index (χ2n) is 6.33. The number of nitriles is 1. The van der Waals surface area contributed by atoms with E-state index in [4.69, 9.17) is 5.26 Å². The molecule has 2 aromatic carbocycles. The Labute approximate surface area is 142 Å². The Bertz CT molecular complexity index is 736. The van der Waals surface area contributed by atoms with Crippen molar-refractivity contribution < 1.29 is 9.69 Å². The van der Waals surface area contributed by atoms with Gasteiger partial charge in [0.1, 0.15) is 6.54 Å². The average Bonchev–Trinajstić information content (AvgIpc) is 2.63. The molecule has 0 aromatic heterocycles. The van der Waals surface area contributed by atoms with E-state index in [9.17, 15) is 4.79 Å². The molecule has 0 aliphatic carbocycles. The third-order valence-electron chi connectivity index (χ3n) is 4.65. The number of Topliss-reactive ketones (excluding diaryl/α,β-unsaturated/α-hetero) is 1. The fourth-order valence-corrected chi connectivity index (χ4v) is 3.15. The van der Waals surface area contributed by atoms with Gasteiger partial charge in [0.25, 0.3) is 0 Å². The zero-order chi connectivity index (χ0) is 16.9. The number of nitrogens with zero attached hydrogens (tertiary/aromatic N) is 2. The van der Waals surface area contributed by atoms with Gasteiger partial charge in [0.05, 0.1) is 37.8 Å². The van der Waals surface area contributed by atoms with Crippen LogP contribution in [-0.4, -0.2) is 32.0 Å². The van der Waals surface area contributed by atoms with Crippen molar-refractivity contribution in [2.24, 2.45) is 0 Å². The van der Waals surface area contributed by atoms with E-state index in [2.05, 4.69) is 23.1 Å². The van der Waals surface area contributed by atoms with E-state index in [-0.39, 0.29) is 5.78 Å². The Kier molecular flexibility index (Phi) is 4.93.